The molecule has 0 bridgehead atoms. The van der Waals surface area contributed by atoms with Gasteiger partial charge in [-0.25, -0.2) is 13.1 Å². The minimum Gasteiger partial charge on any atom is -0.394 e. The Hall–Kier alpha value is -1.68. The van der Waals surface area contributed by atoms with Gasteiger partial charge in [-0.05, 0) is 49.6 Å². The SMILES string of the molecule is O=C(NCC[C@H]1CC[C@H](NS(=O)(=O)c2ccccc2)[C@H](CO)O1)c1cc(Cl)cc(Cl)c1. The quantitative estimate of drug-likeness (QED) is 0.531. The van der Waals surface area contributed by atoms with E-state index in [9.17, 15) is 18.3 Å². The van der Waals surface area contributed by atoms with Crippen LogP contribution in [0.25, 0.3) is 0 Å². The van der Waals surface area contributed by atoms with Crippen LogP contribution in [0, 0.1) is 0 Å². The highest BCUT2D eigenvalue weighted by molar-refractivity contribution is 7.89. The molecule has 0 unspecified atom stereocenters. The summed E-state index contributed by atoms with van der Waals surface area (Å²) in [6.45, 7) is 0.0397. The molecule has 1 amide bonds. The van der Waals surface area contributed by atoms with Crippen LogP contribution in [-0.2, 0) is 14.8 Å². The molecule has 0 spiro atoms. The fourth-order valence-corrected chi connectivity index (χ4v) is 5.33. The van der Waals surface area contributed by atoms with Gasteiger partial charge in [-0.15, -0.1) is 0 Å². The Bertz CT molecular complexity index is 984. The monoisotopic (exact) mass is 486 g/mol. The highest BCUT2D eigenvalue weighted by Crippen LogP contribution is 2.24. The lowest BCUT2D eigenvalue weighted by atomic mass is 9.98. The molecule has 10 heteroatoms. The molecule has 1 aliphatic rings. The first kappa shape index (κ1) is 24.0. The van der Waals surface area contributed by atoms with Gasteiger partial charge in [-0.1, -0.05) is 41.4 Å². The number of carbonyl (C=O) groups excluding carboxylic acids is 1. The number of nitrogens with one attached hydrogen (secondary N) is 2. The Labute approximate surface area is 191 Å². The van der Waals surface area contributed by atoms with E-state index in [2.05, 4.69) is 10.0 Å². The van der Waals surface area contributed by atoms with Gasteiger partial charge in [0.2, 0.25) is 10.0 Å². The van der Waals surface area contributed by atoms with Crippen LogP contribution < -0.4 is 10.0 Å². The fraction of sp³-hybridized carbons (Fsp3) is 0.381. The van der Waals surface area contributed by atoms with Crippen molar-refractivity contribution in [2.45, 2.75) is 42.4 Å². The van der Waals surface area contributed by atoms with Crippen molar-refractivity contribution in [2.75, 3.05) is 13.2 Å². The van der Waals surface area contributed by atoms with Gasteiger partial charge in [0.05, 0.1) is 29.8 Å². The average molecular weight is 487 g/mol. The minimum atomic E-state index is -3.71. The molecular weight excluding hydrogens is 463 g/mol. The van der Waals surface area contributed by atoms with Crippen molar-refractivity contribution < 1.29 is 23.1 Å². The van der Waals surface area contributed by atoms with Gasteiger partial charge in [-0.3, -0.25) is 4.79 Å². The van der Waals surface area contributed by atoms with Crippen LogP contribution in [0.3, 0.4) is 0 Å². The summed E-state index contributed by atoms with van der Waals surface area (Å²) in [5.74, 6) is -0.299. The smallest absolute Gasteiger partial charge is 0.251 e. The lowest BCUT2D eigenvalue weighted by Gasteiger charge is -2.36. The van der Waals surface area contributed by atoms with E-state index < -0.39 is 22.2 Å². The molecule has 1 fully saturated rings. The van der Waals surface area contributed by atoms with Crippen molar-refractivity contribution in [1.82, 2.24) is 10.0 Å². The van der Waals surface area contributed by atoms with E-state index in [0.29, 0.717) is 41.4 Å². The molecule has 7 nitrogen and oxygen atoms in total. The van der Waals surface area contributed by atoms with E-state index in [0.717, 1.165) is 0 Å². The van der Waals surface area contributed by atoms with Crippen molar-refractivity contribution >= 4 is 39.1 Å². The topological polar surface area (TPSA) is 105 Å². The molecule has 2 aromatic carbocycles. The second-order valence-corrected chi connectivity index (χ2v) is 9.89. The molecule has 1 saturated heterocycles. The summed E-state index contributed by atoms with van der Waals surface area (Å²) in [6.07, 6.45) is 0.754. The molecule has 0 saturated carbocycles. The van der Waals surface area contributed by atoms with Crippen LogP contribution in [0.5, 0.6) is 0 Å². The second-order valence-electron chi connectivity index (χ2n) is 7.30. The number of hydrogen-bond acceptors (Lipinski definition) is 5. The van der Waals surface area contributed by atoms with Crippen molar-refractivity contribution in [3.05, 3.63) is 64.1 Å². The first-order valence-electron chi connectivity index (χ1n) is 9.86. The number of benzene rings is 2. The Balaban J connectivity index is 1.51. The Kier molecular flexibility index (Phi) is 8.32. The highest BCUT2D eigenvalue weighted by Gasteiger charge is 2.33. The predicted molar refractivity (Wildman–Crippen MR) is 119 cm³/mol. The molecular formula is C21H24Cl2N2O5S. The normalized spacial score (nSPS) is 21.6. The highest BCUT2D eigenvalue weighted by atomic mass is 35.5. The van der Waals surface area contributed by atoms with Gasteiger partial charge < -0.3 is 15.2 Å². The average Bonchev–Trinajstić information content (AvgIpc) is 2.74. The number of aliphatic hydroxyl groups excluding tert-OH is 1. The van der Waals surface area contributed by atoms with Gasteiger partial charge in [0.1, 0.15) is 0 Å². The molecule has 2 aromatic rings. The largest absolute Gasteiger partial charge is 0.394 e. The summed E-state index contributed by atoms with van der Waals surface area (Å²) in [4.78, 5) is 12.4. The number of halogens is 2. The summed E-state index contributed by atoms with van der Waals surface area (Å²) in [6, 6.07) is 12.1. The molecule has 168 valence electrons. The first-order chi connectivity index (χ1) is 14.8. The van der Waals surface area contributed by atoms with Crippen molar-refractivity contribution in [1.29, 1.82) is 0 Å². The number of aliphatic hydroxyl groups is 1. The summed E-state index contributed by atoms with van der Waals surface area (Å²) in [5, 5.41) is 13.3. The van der Waals surface area contributed by atoms with Crippen LogP contribution >= 0.6 is 23.2 Å². The lowest BCUT2D eigenvalue weighted by molar-refractivity contribution is -0.0871. The Morgan fingerprint density at radius 3 is 2.42 bits per heavy atom. The lowest BCUT2D eigenvalue weighted by Crippen LogP contribution is -2.51. The molecule has 3 atom stereocenters. The number of hydrogen-bond donors (Lipinski definition) is 3. The molecule has 1 heterocycles. The Morgan fingerprint density at radius 2 is 1.77 bits per heavy atom. The summed E-state index contributed by atoms with van der Waals surface area (Å²) in [5.41, 5.74) is 0.366. The maximum Gasteiger partial charge on any atom is 0.251 e. The van der Waals surface area contributed by atoms with E-state index in [1.54, 1.807) is 24.3 Å². The van der Waals surface area contributed by atoms with E-state index >= 15 is 0 Å². The summed E-state index contributed by atoms with van der Waals surface area (Å²) < 4.78 is 33.6. The predicted octanol–water partition coefficient (Wildman–Crippen LogP) is 3.00. The molecule has 0 aliphatic carbocycles. The van der Waals surface area contributed by atoms with Crippen LogP contribution in [0.1, 0.15) is 29.6 Å². The third-order valence-corrected chi connectivity index (χ3v) is 6.97. The van der Waals surface area contributed by atoms with Gasteiger partial charge in [0, 0.05) is 22.2 Å². The van der Waals surface area contributed by atoms with Crippen molar-refractivity contribution in [3.63, 3.8) is 0 Å². The summed E-state index contributed by atoms with van der Waals surface area (Å²) >= 11 is 11.8. The first-order valence-corrected chi connectivity index (χ1v) is 12.1. The maximum atomic E-state index is 12.6. The minimum absolute atomic E-state index is 0.164. The molecule has 3 rings (SSSR count). The van der Waals surface area contributed by atoms with Crippen LogP contribution in [0.15, 0.2) is 53.4 Å². The summed E-state index contributed by atoms with van der Waals surface area (Å²) in [7, 11) is -3.71. The molecule has 3 N–H and O–H groups in total. The van der Waals surface area contributed by atoms with E-state index in [1.165, 1.54) is 24.3 Å². The van der Waals surface area contributed by atoms with E-state index in [1.807, 2.05) is 0 Å². The number of carbonyl (C=O) groups is 1. The van der Waals surface area contributed by atoms with Gasteiger partial charge in [0.25, 0.3) is 5.91 Å². The van der Waals surface area contributed by atoms with Gasteiger partial charge >= 0.3 is 0 Å². The van der Waals surface area contributed by atoms with Gasteiger partial charge in [-0.2, -0.15) is 0 Å². The number of amides is 1. The molecule has 31 heavy (non-hydrogen) atoms. The standard InChI is InChI=1S/C21H24Cl2N2O5S/c22-15-10-14(11-16(23)12-15)21(27)24-9-8-17-6-7-19(20(13-26)30-17)25-31(28,29)18-4-2-1-3-5-18/h1-5,10-12,17,19-20,25-26H,6-9,13H2,(H,24,27)/t17-,19+,20+/m1/s1. The van der Waals surface area contributed by atoms with Crippen molar-refractivity contribution in [2.24, 2.45) is 0 Å². The van der Waals surface area contributed by atoms with E-state index in [4.69, 9.17) is 27.9 Å². The van der Waals surface area contributed by atoms with Crippen molar-refractivity contribution in [3.8, 4) is 0 Å². The number of ether oxygens (including phenoxy) is 1. The third kappa shape index (κ3) is 6.65. The zero-order chi connectivity index (χ0) is 22.4. The van der Waals surface area contributed by atoms with Crippen LogP contribution in [0.2, 0.25) is 10.0 Å². The third-order valence-electron chi connectivity index (χ3n) is 5.03. The number of rotatable bonds is 8. The second kappa shape index (κ2) is 10.8. The maximum absolute atomic E-state index is 12.6. The molecule has 0 aromatic heterocycles. The van der Waals surface area contributed by atoms with E-state index in [-0.39, 0.29) is 23.5 Å². The molecule has 0 radical (unpaired) electrons. The Morgan fingerprint density at radius 1 is 1.10 bits per heavy atom. The van der Waals surface area contributed by atoms with Crippen LogP contribution in [0.4, 0.5) is 0 Å². The zero-order valence-corrected chi connectivity index (χ0v) is 19.0. The molecule has 1 aliphatic heterocycles. The fourth-order valence-electron chi connectivity index (χ4n) is 3.48. The zero-order valence-electron chi connectivity index (χ0n) is 16.6. The van der Waals surface area contributed by atoms with Gasteiger partial charge in [0.15, 0.2) is 0 Å². The number of sulfonamides is 1. The van der Waals surface area contributed by atoms with Crippen LogP contribution in [-0.4, -0.2) is 50.8 Å².